The smallest absolute Gasteiger partial charge is 0.329 e. The quantitative estimate of drug-likeness (QED) is 0.610. The maximum absolute atomic E-state index is 12.6. The molecule has 0 bridgehead atoms. The highest BCUT2D eigenvalue weighted by atomic mass is 16.6. The Morgan fingerprint density at radius 1 is 1.25 bits per heavy atom. The fraction of sp³-hybridized carbons (Fsp3) is 0.500. The first-order chi connectivity index (χ1) is 11.5. The zero-order valence-electron chi connectivity index (χ0n) is 13.9. The monoisotopic (exact) mass is 331 g/mol. The van der Waals surface area contributed by atoms with Crippen LogP contribution in [0, 0.1) is 5.92 Å². The molecule has 0 saturated carbocycles. The van der Waals surface area contributed by atoms with Gasteiger partial charge in [-0.2, -0.15) is 0 Å². The average molecular weight is 331 g/mol. The van der Waals surface area contributed by atoms with Crippen molar-refractivity contribution in [3.8, 4) is 0 Å². The summed E-state index contributed by atoms with van der Waals surface area (Å²) < 4.78 is 10.8. The van der Waals surface area contributed by atoms with Gasteiger partial charge < -0.3 is 9.47 Å². The number of rotatable bonds is 5. The van der Waals surface area contributed by atoms with Gasteiger partial charge in [-0.25, -0.2) is 4.79 Å². The van der Waals surface area contributed by atoms with Gasteiger partial charge in [0.2, 0.25) is 0 Å². The third-order valence-corrected chi connectivity index (χ3v) is 4.41. The van der Waals surface area contributed by atoms with Crippen molar-refractivity contribution >= 4 is 17.8 Å². The molecule has 24 heavy (non-hydrogen) atoms. The summed E-state index contributed by atoms with van der Waals surface area (Å²) in [5.41, 5.74) is 0.667. The molecular formula is C18H21NO5. The van der Waals surface area contributed by atoms with Gasteiger partial charge in [0, 0.05) is 6.61 Å². The standard InChI is InChI=1S/C18H21NO5/c1-11(2)15(18(22)24-10-12-6-5-9-23-12)19-16(20)13-7-3-4-8-14(13)17(19)21/h3-4,7-8,11-12,15H,5-6,9-10H2,1-2H3/t12?,15-/m0/s1. The molecule has 128 valence electrons. The molecule has 2 heterocycles. The van der Waals surface area contributed by atoms with E-state index in [2.05, 4.69) is 0 Å². The first-order valence-corrected chi connectivity index (χ1v) is 8.26. The van der Waals surface area contributed by atoms with Gasteiger partial charge in [-0.05, 0) is 30.9 Å². The predicted molar refractivity (Wildman–Crippen MR) is 85.5 cm³/mol. The summed E-state index contributed by atoms with van der Waals surface area (Å²) in [5, 5.41) is 0. The van der Waals surface area contributed by atoms with E-state index in [1.807, 2.05) is 0 Å². The summed E-state index contributed by atoms with van der Waals surface area (Å²) in [7, 11) is 0. The average Bonchev–Trinajstić information content (AvgIpc) is 3.16. The number of carbonyl (C=O) groups excluding carboxylic acids is 3. The lowest BCUT2D eigenvalue weighted by Crippen LogP contribution is -2.49. The van der Waals surface area contributed by atoms with Crippen LogP contribution in [0.15, 0.2) is 24.3 Å². The molecular weight excluding hydrogens is 310 g/mol. The molecule has 1 aromatic carbocycles. The Hall–Kier alpha value is -2.21. The minimum absolute atomic E-state index is 0.0936. The SMILES string of the molecule is CC(C)[C@@H](C(=O)OCC1CCCO1)N1C(=O)c2ccccc2C1=O. The number of ether oxygens (including phenoxy) is 2. The summed E-state index contributed by atoms with van der Waals surface area (Å²) in [6, 6.07) is 5.68. The van der Waals surface area contributed by atoms with Gasteiger partial charge in [0.1, 0.15) is 12.6 Å². The Balaban J connectivity index is 1.77. The van der Waals surface area contributed by atoms with E-state index in [1.54, 1.807) is 38.1 Å². The number of carbonyl (C=O) groups is 3. The summed E-state index contributed by atoms with van der Waals surface area (Å²) in [5.74, 6) is -1.69. The maximum Gasteiger partial charge on any atom is 0.329 e. The number of imide groups is 1. The lowest BCUT2D eigenvalue weighted by atomic mass is 10.0. The summed E-state index contributed by atoms with van der Waals surface area (Å²) in [4.78, 5) is 38.8. The third kappa shape index (κ3) is 2.94. The number of nitrogens with zero attached hydrogens (tertiary/aromatic N) is 1. The number of hydrogen-bond donors (Lipinski definition) is 0. The number of fused-ring (bicyclic) bond motifs is 1. The van der Waals surface area contributed by atoms with Gasteiger partial charge in [0.15, 0.2) is 0 Å². The molecule has 6 nitrogen and oxygen atoms in total. The minimum atomic E-state index is -0.932. The minimum Gasteiger partial charge on any atom is -0.461 e. The van der Waals surface area contributed by atoms with Gasteiger partial charge in [0.05, 0.1) is 17.2 Å². The van der Waals surface area contributed by atoms with Gasteiger partial charge in [-0.1, -0.05) is 26.0 Å². The van der Waals surface area contributed by atoms with Crippen molar-refractivity contribution in [2.24, 2.45) is 5.92 Å². The van der Waals surface area contributed by atoms with E-state index < -0.39 is 23.8 Å². The van der Waals surface area contributed by atoms with Crippen molar-refractivity contribution in [3.63, 3.8) is 0 Å². The van der Waals surface area contributed by atoms with Gasteiger partial charge in [-0.3, -0.25) is 14.5 Å². The van der Waals surface area contributed by atoms with E-state index in [0.717, 1.165) is 17.7 Å². The number of hydrogen-bond acceptors (Lipinski definition) is 5. The van der Waals surface area contributed by atoms with E-state index in [9.17, 15) is 14.4 Å². The molecule has 6 heteroatoms. The molecule has 2 amide bonds. The highest BCUT2D eigenvalue weighted by molar-refractivity contribution is 6.22. The number of benzene rings is 1. The fourth-order valence-electron chi connectivity index (χ4n) is 3.17. The topological polar surface area (TPSA) is 72.9 Å². The molecule has 0 spiro atoms. The first-order valence-electron chi connectivity index (χ1n) is 8.26. The lowest BCUT2D eigenvalue weighted by Gasteiger charge is -2.27. The van der Waals surface area contributed by atoms with Crippen LogP contribution in [0.2, 0.25) is 0 Å². The Bertz CT molecular complexity index is 628. The molecule has 3 rings (SSSR count). The summed E-state index contributed by atoms with van der Waals surface area (Å²) in [6.07, 6.45) is 1.71. The van der Waals surface area contributed by atoms with Crippen LogP contribution in [0.5, 0.6) is 0 Å². The molecule has 0 aliphatic carbocycles. The second-order valence-electron chi connectivity index (χ2n) is 6.48. The van der Waals surface area contributed by atoms with Crippen LogP contribution in [0.25, 0.3) is 0 Å². The van der Waals surface area contributed by atoms with E-state index in [0.29, 0.717) is 17.7 Å². The van der Waals surface area contributed by atoms with Gasteiger partial charge >= 0.3 is 5.97 Å². The lowest BCUT2D eigenvalue weighted by molar-refractivity contribution is -0.153. The van der Waals surface area contributed by atoms with E-state index in [4.69, 9.17) is 9.47 Å². The fourth-order valence-corrected chi connectivity index (χ4v) is 3.17. The van der Waals surface area contributed by atoms with Crippen LogP contribution >= 0.6 is 0 Å². The van der Waals surface area contributed by atoms with Crippen LogP contribution in [0.4, 0.5) is 0 Å². The molecule has 0 N–H and O–H groups in total. The van der Waals surface area contributed by atoms with Crippen LogP contribution in [-0.2, 0) is 14.3 Å². The van der Waals surface area contributed by atoms with Crippen molar-refractivity contribution < 1.29 is 23.9 Å². The number of esters is 1. The van der Waals surface area contributed by atoms with E-state index in [-0.39, 0.29) is 18.6 Å². The molecule has 2 aliphatic rings. The molecule has 1 saturated heterocycles. The maximum atomic E-state index is 12.6. The van der Waals surface area contributed by atoms with Crippen LogP contribution < -0.4 is 0 Å². The first kappa shape index (κ1) is 16.6. The zero-order valence-corrected chi connectivity index (χ0v) is 13.9. The van der Waals surface area contributed by atoms with Crippen molar-refractivity contribution in [1.29, 1.82) is 0 Å². The predicted octanol–water partition coefficient (Wildman–Crippen LogP) is 2.03. The molecule has 1 unspecified atom stereocenters. The van der Waals surface area contributed by atoms with Crippen molar-refractivity contribution in [3.05, 3.63) is 35.4 Å². The molecule has 1 aromatic rings. The van der Waals surface area contributed by atoms with E-state index >= 15 is 0 Å². The molecule has 2 aliphatic heterocycles. The van der Waals surface area contributed by atoms with Gasteiger partial charge in [0.25, 0.3) is 11.8 Å². The van der Waals surface area contributed by atoms with Crippen molar-refractivity contribution in [2.45, 2.75) is 38.8 Å². The zero-order chi connectivity index (χ0) is 17.3. The molecule has 2 atom stereocenters. The number of amides is 2. The Morgan fingerprint density at radius 3 is 2.38 bits per heavy atom. The van der Waals surface area contributed by atoms with Crippen LogP contribution in [0.3, 0.4) is 0 Å². The Morgan fingerprint density at radius 2 is 1.88 bits per heavy atom. The molecule has 1 fully saturated rings. The normalized spacial score (nSPS) is 21.3. The summed E-state index contributed by atoms with van der Waals surface area (Å²) >= 11 is 0. The van der Waals surface area contributed by atoms with Crippen molar-refractivity contribution in [1.82, 2.24) is 4.90 Å². The van der Waals surface area contributed by atoms with Gasteiger partial charge in [-0.15, -0.1) is 0 Å². The Labute approximate surface area is 140 Å². The molecule has 0 radical (unpaired) electrons. The molecule has 0 aromatic heterocycles. The second kappa shape index (κ2) is 6.73. The van der Waals surface area contributed by atoms with Crippen molar-refractivity contribution in [2.75, 3.05) is 13.2 Å². The Kier molecular flexibility index (Phi) is 4.66. The largest absolute Gasteiger partial charge is 0.461 e. The third-order valence-electron chi connectivity index (χ3n) is 4.41. The highest BCUT2D eigenvalue weighted by Crippen LogP contribution is 2.27. The highest BCUT2D eigenvalue weighted by Gasteiger charge is 2.44. The summed E-state index contributed by atoms with van der Waals surface area (Å²) in [6.45, 7) is 4.42. The van der Waals surface area contributed by atoms with Crippen LogP contribution in [0.1, 0.15) is 47.4 Å². The van der Waals surface area contributed by atoms with Crippen LogP contribution in [-0.4, -0.2) is 48.0 Å². The second-order valence-corrected chi connectivity index (χ2v) is 6.48. The van der Waals surface area contributed by atoms with E-state index in [1.165, 1.54) is 0 Å².